The number of hydrogen-bond acceptors (Lipinski definition) is 3. The first-order valence-electron chi connectivity index (χ1n) is 7.64. The summed E-state index contributed by atoms with van der Waals surface area (Å²) in [7, 11) is 2.19. The van der Waals surface area contributed by atoms with E-state index >= 15 is 0 Å². The summed E-state index contributed by atoms with van der Waals surface area (Å²) in [4.78, 5) is 2.38. The number of likely N-dealkylation sites (N-methyl/N-ethyl adjacent to an activating group) is 1. The van der Waals surface area contributed by atoms with Crippen molar-refractivity contribution in [3.63, 3.8) is 0 Å². The third-order valence-corrected chi connectivity index (χ3v) is 4.35. The summed E-state index contributed by atoms with van der Waals surface area (Å²) in [6.07, 6.45) is 2.24. The Morgan fingerprint density at radius 2 is 2.20 bits per heavy atom. The number of hydrogen-bond donors (Lipinski definition) is 1. The number of benzene rings is 1. The highest BCUT2D eigenvalue weighted by Gasteiger charge is 2.24. The molecule has 3 nitrogen and oxygen atoms in total. The van der Waals surface area contributed by atoms with E-state index in [1.807, 2.05) is 6.07 Å². The highest BCUT2D eigenvalue weighted by molar-refractivity contribution is 5.82. The number of aryl methyl sites for hydroxylation is 1. The lowest BCUT2D eigenvalue weighted by atomic mass is 10.0. The van der Waals surface area contributed by atoms with Crippen molar-refractivity contribution in [3.8, 4) is 0 Å². The highest BCUT2D eigenvalue weighted by Crippen LogP contribution is 2.31. The molecule has 1 fully saturated rings. The van der Waals surface area contributed by atoms with E-state index in [9.17, 15) is 0 Å². The van der Waals surface area contributed by atoms with Crippen molar-refractivity contribution >= 4 is 11.0 Å². The maximum absolute atomic E-state index is 6.11. The highest BCUT2D eigenvalue weighted by atomic mass is 16.3. The first-order valence-corrected chi connectivity index (χ1v) is 7.64. The van der Waals surface area contributed by atoms with Crippen molar-refractivity contribution in [1.82, 2.24) is 10.2 Å². The second kappa shape index (κ2) is 5.58. The largest absolute Gasteiger partial charge is 0.459 e. The van der Waals surface area contributed by atoms with Gasteiger partial charge in [-0.1, -0.05) is 25.1 Å². The molecule has 0 amide bonds. The Hall–Kier alpha value is -1.32. The maximum atomic E-state index is 6.11. The van der Waals surface area contributed by atoms with Gasteiger partial charge in [-0.3, -0.25) is 0 Å². The molecule has 2 unspecified atom stereocenters. The van der Waals surface area contributed by atoms with Crippen molar-refractivity contribution in [2.24, 2.45) is 0 Å². The van der Waals surface area contributed by atoms with Crippen LogP contribution in [0.1, 0.15) is 37.6 Å². The van der Waals surface area contributed by atoms with Crippen molar-refractivity contribution in [2.45, 2.75) is 38.8 Å². The van der Waals surface area contributed by atoms with Gasteiger partial charge in [0.05, 0.1) is 6.04 Å². The van der Waals surface area contributed by atoms with Gasteiger partial charge in [-0.2, -0.15) is 0 Å². The van der Waals surface area contributed by atoms with Gasteiger partial charge in [0, 0.05) is 23.5 Å². The zero-order valence-corrected chi connectivity index (χ0v) is 12.6. The molecule has 1 aromatic heterocycles. The Bertz CT molecular complexity index is 590. The number of fused-ring (bicyclic) bond motifs is 1. The third-order valence-electron chi connectivity index (χ3n) is 4.35. The fraction of sp³-hybridized carbons (Fsp3) is 0.529. The van der Waals surface area contributed by atoms with E-state index in [1.165, 1.54) is 23.9 Å². The average Bonchev–Trinajstić information content (AvgIpc) is 3.01. The molecule has 3 rings (SSSR count). The molecule has 0 spiro atoms. The fourth-order valence-electron chi connectivity index (χ4n) is 3.33. The topological polar surface area (TPSA) is 28.4 Å². The van der Waals surface area contributed by atoms with Crippen molar-refractivity contribution in [1.29, 1.82) is 0 Å². The molecule has 108 valence electrons. The minimum Gasteiger partial charge on any atom is -0.459 e. The smallest absolute Gasteiger partial charge is 0.134 e. The van der Waals surface area contributed by atoms with Crippen molar-refractivity contribution in [2.75, 3.05) is 20.1 Å². The predicted molar refractivity (Wildman–Crippen MR) is 83.0 cm³/mol. The van der Waals surface area contributed by atoms with Gasteiger partial charge in [0.2, 0.25) is 0 Å². The molecule has 0 radical (unpaired) electrons. The molecule has 20 heavy (non-hydrogen) atoms. The van der Waals surface area contributed by atoms with Crippen LogP contribution in [-0.4, -0.2) is 31.1 Å². The Morgan fingerprint density at radius 3 is 2.90 bits per heavy atom. The molecule has 1 aliphatic heterocycles. The molecule has 1 saturated heterocycles. The number of rotatable bonds is 4. The first kappa shape index (κ1) is 13.7. The lowest BCUT2D eigenvalue weighted by Crippen LogP contribution is -2.33. The third kappa shape index (κ3) is 2.48. The average molecular weight is 272 g/mol. The quantitative estimate of drug-likeness (QED) is 0.925. The number of para-hydroxylation sites is 1. The molecule has 2 atom stereocenters. The number of furan rings is 1. The summed E-state index contributed by atoms with van der Waals surface area (Å²) in [5, 5.41) is 4.99. The summed E-state index contributed by atoms with van der Waals surface area (Å²) < 4.78 is 6.11. The van der Waals surface area contributed by atoms with Gasteiger partial charge in [0.25, 0.3) is 0 Å². The van der Waals surface area contributed by atoms with Gasteiger partial charge < -0.3 is 14.6 Å². The van der Waals surface area contributed by atoms with Crippen LogP contribution in [0.25, 0.3) is 11.0 Å². The van der Waals surface area contributed by atoms with Crippen LogP contribution in [0.5, 0.6) is 0 Å². The molecular formula is C17H24N2O. The van der Waals surface area contributed by atoms with Crippen LogP contribution in [0.2, 0.25) is 0 Å². The van der Waals surface area contributed by atoms with Crippen LogP contribution in [0, 0.1) is 0 Å². The van der Waals surface area contributed by atoms with Gasteiger partial charge in [0.1, 0.15) is 11.3 Å². The van der Waals surface area contributed by atoms with Crippen LogP contribution in [-0.2, 0) is 6.42 Å². The molecule has 0 aliphatic carbocycles. The molecule has 1 N–H and O–H groups in total. The van der Waals surface area contributed by atoms with Crippen molar-refractivity contribution < 1.29 is 4.42 Å². The minimum absolute atomic E-state index is 0.272. The second-order valence-corrected chi connectivity index (χ2v) is 5.93. The van der Waals surface area contributed by atoms with E-state index in [0.717, 1.165) is 24.3 Å². The Balaban J connectivity index is 1.85. The first-order chi connectivity index (χ1) is 9.69. The molecule has 2 aromatic rings. The number of nitrogens with one attached hydrogen (secondary N) is 1. The summed E-state index contributed by atoms with van der Waals surface area (Å²) >= 11 is 0. The van der Waals surface area contributed by atoms with Crippen LogP contribution in [0.15, 0.2) is 28.7 Å². The summed E-state index contributed by atoms with van der Waals surface area (Å²) in [6, 6.07) is 9.21. The summed E-state index contributed by atoms with van der Waals surface area (Å²) in [6.45, 7) is 6.74. The van der Waals surface area contributed by atoms with Gasteiger partial charge in [-0.25, -0.2) is 0 Å². The molecule has 0 saturated carbocycles. The number of likely N-dealkylation sites (tertiary alicyclic amines) is 1. The maximum Gasteiger partial charge on any atom is 0.134 e. The van der Waals surface area contributed by atoms with E-state index in [1.54, 1.807) is 0 Å². The standard InChI is InChI=1S/C17H24N2O/c1-4-14-15-7-5-6-8-16(15)20-17(14)12(2)18-13-9-10-19(3)11-13/h5-8,12-13,18H,4,9-11H2,1-3H3. The van der Waals surface area contributed by atoms with Gasteiger partial charge >= 0.3 is 0 Å². The van der Waals surface area contributed by atoms with E-state index in [4.69, 9.17) is 4.42 Å². The Kier molecular flexibility index (Phi) is 3.81. The number of nitrogens with zero attached hydrogens (tertiary/aromatic N) is 1. The van der Waals surface area contributed by atoms with E-state index in [-0.39, 0.29) is 6.04 Å². The molecular weight excluding hydrogens is 248 g/mol. The molecule has 2 heterocycles. The molecule has 0 bridgehead atoms. The van der Waals surface area contributed by atoms with E-state index in [2.05, 4.69) is 49.3 Å². The normalized spacial score (nSPS) is 21.6. The summed E-state index contributed by atoms with van der Waals surface area (Å²) in [5.74, 6) is 1.11. The Labute approximate surface area is 120 Å². The Morgan fingerprint density at radius 1 is 1.40 bits per heavy atom. The lowest BCUT2D eigenvalue weighted by Gasteiger charge is -2.18. The fourth-order valence-corrected chi connectivity index (χ4v) is 3.33. The minimum atomic E-state index is 0.272. The van der Waals surface area contributed by atoms with Gasteiger partial charge in [0.15, 0.2) is 0 Å². The SMILES string of the molecule is CCc1c(C(C)NC2CCN(C)C2)oc2ccccc12. The van der Waals surface area contributed by atoms with Crippen LogP contribution in [0.4, 0.5) is 0 Å². The van der Waals surface area contributed by atoms with Gasteiger partial charge in [-0.05, 0) is 39.4 Å². The molecule has 1 aromatic carbocycles. The summed E-state index contributed by atoms with van der Waals surface area (Å²) in [5.41, 5.74) is 2.36. The predicted octanol–water partition coefficient (Wildman–Crippen LogP) is 3.35. The zero-order chi connectivity index (χ0) is 14.1. The van der Waals surface area contributed by atoms with Gasteiger partial charge in [-0.15, -0.1) is 0 Å². The van der Waals surface area contributed by atoms with Crippen molar-refractivity contribution in [3.05, 3.63) is 35.6 Å². The molecule has 1 aliphatic rings. The van der Waals surface area contributed by atoms with Crippen LogP contribution < -0.4 is 5.32 Å². The molecule has 3 heteroatoms. The van der Waals surface area contributed by atoms with E-state index < -0.39 is 0 Å². The van der Waals surface area contributed by atoms with Crippen LogP contribution >= 0.6 is 0 Å². The lowest BCUT2D eigenvalue weighted by molar-refractivity contribution is 0.369. The van der Waals surface area contributed by atoms with E-state index in [0.29, 0.717) is 6.04 Å². The second-order valence-electron chi connectivity index (χ2n) is 5.93. The van der Waals surface area contributed by atoms with Crippen LogP contribution in [0.3, 0.4) is 0 Å². The monoisotopic (exact) mass is 272 g/mol. The zero-order valence-electron chi connectivity index (χ0n) is 12.6.